The Balaban J connectivity index is 1.36. The van der Waals surface area contributed by atoms with E-state index < -0.39 is 0 Å². The molecule has 0 aliphatic carbocycles. The maximum Gasteiger partial charge on any atom is 0.261 e. The Hall–Kier alpha value is -2.93. The van der Waals surface area contributed by atoms with Gasteiger partial charge in [0.2, 0.25) is 0 Å². The Morgan fingerprint density at radius 2 is 2.19 bits per heavy atom. The lowest BCUT2D eigenvalue weighted by Crippen LogP contribution is -2.35. The third kappa shape index (κ3) is 4.93. The summed E-state index contributed by atoms with van der Waals surface area (Å²) in [6.45, 7) is 7.35. The van der Waals surface area contributed by atoms with Gasteiger partial charge in [0.05, 0.1) is 23.7 Å². The first-order chi connectivity index (χ1) is 15.6. The van der Waals surface area contributed by atoms with Crippen LogP contribution in [-0.2, 0) is 19.5 Å². The minimum Gasteiger partial charge on any atom is -0.468 e. The lowest BCUT2D eigenvalue weighted by Gasteiger charge is -2.27. The number of carbonyl (C=O) groups is 1. The predicted octanol–water partition coefficient (Wildman–Crippen LogP) is 3.75. The largest absolute Gasteiger partial charge is 0.468 e. The van der Waals surface area contributed by atoms with Gasteiger partial charge in [-0.1, -0.05) is 6.92 Å². The van der Waals surface area contributed by atoms with Crippen LogP contribution in [0.3, 0.4) is 0 Å². The maximum absolute atomic E-state index is 12.7. The van der Waals surface area contributed by atoms with E-state index in [9.17, 15) is 9.59 Å². The number of hydrogen-bond donors (Lipinski definition) is 1. The number of benzene rings is 1. The minimum absolute atomic E-state index is 0.00153. The Bertz CT molecular complexity index is 1120. The van der Waals surface area contributed by atoms with Gasteiger partial charge < -0.3 is 9.73 Å². The average molecular weight is 437 g/mol. The third-order valence-corrected chi connectivity index (χ3v) is 6.39. The number of amides is 1. The zero-order valence-corrected chi connectivity index (χ0v) is 19.0. The monoisotopic (exact) mass is 436 g/mol. The highest BCUT2D eigenvalue weighted by Gasteiger charge is 2.17. The molecule has 1 amide bonds. The molecule has 1 N–H and O–H groups in total. The summed E-state index contributed by atoms with van der Waals surface area (Å²) in [5.41, 5.74) is 1.15. The summed E-state index contributed by atoms with van der Waals surface area (Å²) in [5, 5.41) is 3.59. The molecule has 0 saturated heterocycles. The molecule has 0 bridgehead atoms. The Labute approximate surface area is 188 Å². The molecule has 2 aromatic heterocycles. The smallest absolute Gasteiger partial charge is 0.261 e. The zero-order chi connectivity index (χ0) is 22.5. The van der Waals surface area contributed by atoms with Gasteiger partial charge in [0, 0.05) is 37.7 Å². The van der Waals surface area contributed by atoms with Gasteiger partial charge in [0.1, 0.15) is 11.6 Å². The molecule has 7 heteroatoms. The number of aromatic nitrogens is 2. The number of carbonyl (C=O) groups excluding carboxylic acids is 1. The summed E-state index contributed by atoms with van der Waals surface area (Å²) in [6.07, 6.45) is 6.47. The van der Waals surface area contributed by atoms with Crippen LogP contribution in [0.2, 0.25) is 0 Å². The Morgan fingerprint density at radius 1 is 1.31 bits per heavy atom. The fourth-order valence-corrected chi connectivity index (χ4v) is 4.29. The quantitative estimate of drug-likeness (QED) is 0.517. The predicted molar refractivity (Wildman–Crippen MR) is 125 cm³/mol. The summed E-state index contributed by atoms with van der Waals surface area (Å²) in [4.78, 5) is 32.5. The van der Waals surface area contributed by atoms with Crippen molar-refractivity contribution in [2.45, 2.75) is 65.1 Å². The van der Waals surface area contributed by atoms with E-state index in [1.54, 1.807) is 29.0 Å². The molecule has 170 valence electrons. The molecule has 1 aliphatic heterocycles. The summed E-state index contributed by atoms with van der Waals surface area (Å²) < 4.78 is 7.27. The summed E-state index contributed by atoms with van der Waals surface area (Å²) >= 11 is 0. The van der Waals surface area contributed by atoms with Gasteiger partial charge in [-0.15, -0.1) is 0 Å². The molecule has 3 heterocycles. The van der Waals surface area contributed by atoms with Gasteiger partial charge >= 0.3 is 0 Å². The van der Waals surface area contributed by atoms with Crippen LogP contribution in [0, 0.1) is 0 Å². The average Bonchev–Trinajstić information content (AvgIpc) is 3.33. The first-order valence-electron chi connectivity index (χ1n) is 11.6. The number of rotatable bonds is 9. The van der Waals surface area contributed by atoms with Crippen molar-refractivity contribution in [1.29, 1.82) is 0 Å². The first kappa shape index (κ1) is 22.3. The highest BCUT2D eigenvalue weighted by atomic mass is 16.3. The molecular formula is C25H32N4O3. The van der Waals surface area contributed by atoms with Crippen molar-refractivity contribution in [2.24, 2.45) is 0 Å². The van der Waals surface area contributed by atoms with E-state index in [2.05, 4.69) is 29.0 Å². The third-order valence-electron chi connectivity index (χ3n) is 6.39. The van der Waals surface area contributed by atoms with Crippen molar-refractivity contribution >= 4 is 16.8 Å². The van der Waals surface area contributed by atoms with Gasteiger partial charge in [-0.25, -0.2) is 4.98 Å². The second kappa shape index (κ2) is 10.1. The molecule has 3 aromatic rings. The van der Waals surface area contributed by atoms with E-state index in [0.717, 1.165) is 63.3 Å². The van der Waals surface area contributed by atoms with Gasteiger partial charge in [0.25, 0.3) is 11.5 Å². The number of nitrogens with one attached hydrogen (secondary N) is 1. The first-order valence-corrected chi connectivity index (χ1v) is 11.6. The zero-order valence-electron chi connectivity index (χ0n) is 19.0. The lowest BCUT2D eigenvalue weighted by atomic mass is 10.1. The van der Waals surface area contributed by atoms with Crippen LogP contribution in [0.1, 0.15) is 61.5 Å². The van der Waals surface area contributed by atoms with Crippen LogP contribution in [0.15, 0.2) is 45.8 Å². The molecule has 1 unspecified atom stereocenters. The van der Waals surface area contributed by atoms with Crippen molar-refractivity contribution in [3.05, 3.63) is 64.1 Å². The van der Waals surface area contributed by atoms with Crippen molar-refractivity contribution < 1.29 is 9.21 Å². The van der Waals surface area contributed by atoms with E-state index in [-0.39, 0.29) is 11.5 Å². The normalized spacial score (nSPS) is 14.5. The molecule has 4 rings (SSSR count). The van der Waals surface area contributed by atoms with Crippen LogP contribution in [-0.4, -0.2) is 39.5 Å². The van der Waals surface area contributed by atoms with Crippen LogP contribution in [0.25, 0.3) is 10.9 Å². The summed E-state index contributed by atoms with van der Waals surface area (Å²) in [5.74, 6) is 1.65. The number of nitrogens with zero attached hydrogens (tertiary/aromatic N) is 3. The highest BCUT2D eigenvalue weighted by Crippen LogP contribution is 2.16. The molecule has 0 fully saturated rings. The second-order valence-corrected chi connectivity index (χ2v) is 8.59. The molecule has 1 aromatic carbocycles. The molecule has 32 heavy (non-hydrogen) atoms. The molecule has 1 atom stereocenters. The fraction of sp³-hybridized carbons (Fsp3) is 0.480. The van der Waals surface area contributed by atoms with E-state index in [1.165, 1.54) is 0 Å². The molecule has 0 spiro atoms. The molecule has 0 saturated carbocycles. The minimum atomic E-state index is -0.132. The fourth-order valence-electron chi connectivity index (χ4n) is 4.29. The maximum atomic E-state index is 12.7. The Morgan fingerprint density at radius 3 is 2.97 bits per heavy atom. The van der Waals surface area contributed by atoms with Crippen LogP contribution in [0.4, 0.5) is 0 Å². The second-order valence-electron chi connectivity index (χ2n) is 8.59. The summed E-state index contributed by atoms with van der Waals surface area (Å²) in [6, 6.07) is 9.53. The SMILES string of the molecule is CCC(C)N(CCCNC(=O)c1ccc2c(=O)n3c(nc2c1)CCCC3)Cc1ccco1. The summed E-state index contributed by atoms with van der Waals surface area (Å²) in [7, 11) is 0. The van der Waals surface area contributed by atoms with E-state index in [1.807, 2.05) is 12.1 Å². The van der Waals surface area contributed by atoms with E-state index >= 15 is 0 Å². The number of hydrogen-bond acceptors (Lipinski definition) is 5. The highest BCUT2D eigenvalue weighted by molar-refractivity contribution is 5.97. The van der Waals surface area contributed by atoms with Crippen LogP contribution < -0.4 is 10.9 Å². The standard InChI is InChI=1S/C25H32N4O3/c1-3-18(2)28(17-20-8-6-15-32-20)13-7-12-26-24(30)19-10-11-21-22(16-19)27-23-9-4-5-14-29(23)25(21)31/h6,8,10-11,15-16,18H,3-5,7,9,12-14,17H2,1-2H3,(H,26,30). The lowest BCUT2D eigenvalue weighted by molar-refractivity contribution is 0.0949. The van der Waals surface area contributed by atoms with Crippen LogP contribution >= 0.6 is 0 Å². The molecular weight excluding hydrogens is 404 g/mol. The van der Waals surface area contributed by atoms with Gasteiger partial charge in [-0.05, 0) is 62.9 Å². The van der Waals surface area contributed by atoms with Gasteiger partial charge in [-0.2, -0.15) is 0 Å². The van der Waals surface area contributed by atoms with E-state index in [4.69, 9.17) is 4.42 Å². The van der Waals surface area contributed by atoms with Gasteiger partial charge in [0.15, 0.2) is 0 Å². The van der Waals surface area contributed by atoms with Gasteiger partial charge in [-0.3, -0.25) is 19.1 Å². The number of fused-ring (bicyclic) bond motifs is 2. The number of aryl methyl sites for hydroxylation is 1. The van der Waals surface area contributed by atoms with E-state index in [0.29, 0.717) is 29.1 Å². The molecule has 1 aliphatic rings. The van der Waals surface area contributed by atoms with Crippen LogP contribution in [0.5, 0.6) is 0 Å². The Kier molecular flexibility index (Phi) is 7.05. The number of furan rings is 1. The van der Waals surface area contributed by atoms with Crippen molar-refractivity contribution in [1.82, 2.24) is 19.8 Å². The van der Waals surface area contributed by atoms with Crippen molar-refractivity contribution in [3.63, 3.8) is 0 Å². The topological polar surface area (TPSA) is 80.4 Å². The molecule has 0 radical (unpaired) electrons. The molecule has 7 nitrogen and oxygen atoms in total. The van der Waals surface area contributed by atoms with Crippen molar-refractivity contribution in [3.8, 4) is 0 Å². The van der Waals surface area contributed by atoms with Crippen molar-refractivity contribution in [2.75, 3.05) is 13.1 Å².